The standard InChI is InChI=1S/C15H21FN2O2/c1-3-6-17-11(2)15(4-5-15)10-12-7-13(16)9-14(8-12)18(19)20/h7-9,11,17H,3-6,10H2,1-2H3. The van der Waals surface area contributed by atoms with Gasteiger partial charge in [-0.3, -0.25) is 10.1 Å². The van der Waals surface area contributed by atoms with Crippen LogP contribution in [-0.2, 0) is 6.42 Å². The molecule has 0 aliphatic heterocycles. The number of non-ortho nitro benzene ring substituents is 1. The quantitative estimate of drug-likeness (QED) is 0.615. The van der Waals surface area contributed by atoms with Crippen LogP contribution in [0.3, 0.4) is 0 Å². The summed E-state index contributed by atoms with van der Waals surface area (Å²) in [5, 5.41) is 14.3. The summed E-state index contributed by atoms with van der Waals surface area (Å²) in [6.45, 7) is 5.23. The van der Waals surface area contributed by atoms with E-state index in [0.29, 0.717) is 12.5 Å². The fraction of sp³-hybridized carbons (Fsp3) is 0.600. The lowest BCUT2D eigenvalue weighted by molar-refractivity contribution is -0.385. The Bertz CT molecular complexity index is 501. The summed E-state index contributed by atoms with van der Waals surface area (Å²) in [7, 11) is 0. The molecule has 0 radical (unpaired) electrons. The molecule has 0 bridgehead atoms. The number of nitro groups is 1. The fourth-order valence-corrected chi connectivity index (χ4v) is 2.75. The van der Waals surface area contributed by atoms with Gasteiger partial charge >= 0.3 is 0 Å². The van der Waals surface area contributed by atoms with Crippen molar-refractivity contribution in [3.8, 4) is 0 Å². The van der Waals surface area contributed by atoms with Crippen molar-refractivity contribution in [2.45, 2.75) is 45.6 Å². The van der Waals surface area contributed by atoms with E-state index in [2.05, 4.69) is 19.2 Å². The number of benzene rings is 1. The van der Waals surface area contributed by atoms with Crippen molar-refractivity contribution in [3.05, 3.63) is 39.7 Å². The predicted molar refractivity (Wildman–Crippen MR) is 76.2 cm³/mol. The molecule has 1 unspecified atom stereocenters. The van der Waals surface area contributed by atoms with Gasteiger partial charge in [-0.05, 0) is 56.2 Å². The summed E-state index contributed by atoms with van der Waals surface area (Å²) in [4.78, 5) is 10.3. The lowest BCUT2D eigenvalue weighted by atomic mass is 9.89. The smallest absolute Gasteiger partial charge is 0.272 e. The van der Waals surface area contributed by atoms with E-state index >= 15 is 0 Å². The van der Waals surface area contributed by atoms with Gasteiger partial charge in [-0.15, -0.1) is 0 Å². The Morgan fingerprint density at radius 1 is 1.45 bits per heavy atom. The van der Waals surface area contributed by atoms with Crippen LogP contribution in [0.15, 0.2) is 18.2 Å². The van der Waals surface area contributed by atoms with E-state index in [9.17, 15) is 14.5 Å². The zero-order valence-electron chi connectivity index (χ0n) is 12.0. The molecule has 2 rings (SSSR count). The molecule has 1 aliphatic carbocycles. The summed E-state index contributed by atoms with van der Waals surface area (Å²) >= 11 is 0. The minimum atomic E-state index is -0.537. The molecule has 1 fully saturated rings. The van der Waals surface area contributed by atoms with Crippen molar-refractivity contribution in [2.75, 3.05) is 6.54 Å². The van der Waals surface area contributed by atoms with E-state index in [1.807, 2.05) is 0 Å². The van der Waals surface area contributed by atoms with Crippen molar-refractivity contribution in [1.29, 1.82) is 0 Å². The van der Waals surface area contributed by atoms with Crippen molar-refractivity contribution < 1.29 is 9.31 Å². The largest absolute Gasteiger partial charge is 0.314 e. The molecular formula is C15H21FN2O2. The van der Waals surface area contributed by atoms with Crippen LogP contribution in [0.5, 0.6) is 0 Å². The fourth-order valence-electron chi connectivity index (χ4n) is 2.75. The highest BCUT2D eigenvalue weighted by Crippen LogP contribution is 2.51. The normalized spacial score (nSPS) is 17.8. The molecule has 20 heavy (non-hydrogen) atoms. The molecule has 110 valence electrons. The molecule has 1 N–H and O–H groups in total. The first kappa shape index (κ1) is 14.9. The number of halogens is 1. The van der Waals surface area contributed by atoms with E-state index < -0.39 is 10.7 Å². The highest BCUT2D eigenvalue weighted by Gasteiger charge is 2.47. The van der Waals surface area contributed by atoms with Crippen molar-refractivity contribution in [3.63, 3.8) is 0 Å². The van der Waals surface area contributed by atoms with Gasteiger partial charge in [0.1, 0.15) is 5.82 Å². The molecule has 0 heterocycles. The number of rotatable bonds is 7. The minimum absolute atomic E-state index is 0.136. The Labute approximate surface area is 118 Å². The van der Waals surface area contributed by atoms with E-state index in [1.54, 1.807) is 0 Å². The van der Waals surface area contributed by atoms with Crippen LogP contribution in [-0.4, -0.2) is 17.5 Å². The van der Waals surface area contributed by atoms with E-state index in [1.165, 1.54) is 12.1 Å². The molecule has 1 saturated carbocycles. The van der Waals surface area contributed by atoms with Gasteiger partial charge in [-0.1, -0.05) is 6.92 Å². The maximum atomic E-state index is 13.5. The number of hydrogen-bond donors (Lipinski definition) is 1. The number of nitrogens with one attached hydrogen (secondary N) is 1. The zero-order valence-corrected chi connectivity index (χ0v) is 12.0. The molecule has 1 atom stereocenters. The van der Waals surface area contributed by atoms with Gasteiger partial charge in [0.05, 0.1) is 11.0 Å². The molecule has 0 amide bonds. The first-order chi connectivity index (χ1) is 9.47. The predicted octanol–water partition coefficient (Wildman–Crippen LogP) is 3.44. The SMILES string of the molecule is CCCNC(C)C1(Cc2cc(F)cc([N+](=O)[O-])c2)CC1. The third kappa shape index (κ3) is 3.33. The maximum absolute atomic E-state index is 13.5. The summed E-state index contributed by atoms with van der Waals surface area (Å²) in [5.41, 5.74) is 0.695. The molecule has 1 aromatic carbocycles. The lowest BCUT2D eigenvalue weighted by Gasteiger charge is -2.24. The Morgan fingerprint density at radius 3 is 2.70 bits per heavy atom. The van der Waals surface area contributed by atoms with E-state index in [-0.39, 0.29) is 11.1 Å². The third-order valence-corrected chi connectivity index (χ3v) is 4.22. The summed E-state index contributed by atoms with van der Waals surface area (Å²) in [6.07, 6.45) is 3.96. The first-order valence-corrected chi connectivity index (χ1v) is 7.14. The number of hydrogen-bond acceptors (Lipinski definition) is 3. The van der Waals surface area contributed by atoms with Crippen LogP contribution >= 0.6 is 0 Å². The minimum Gasteiger partial charge on any atom is -0.314 e. The molecule has 0 saturated heterocycles. The molecule has 1 aliphatic rings. The average Bonchev–Trinajstić information content (AvgIpc) is 3.16. The summed E-state index contributed by atoms with van der Waals surface area (Å²) < 4.78 is 13.5. The Morgan fingerprint density at radius 2 is 2.15 bits per heavy atom. The van der Waals surface area contributed by atoms with Crippen molar-refractivity contribution in [2.24, 2.45) is 5.41 Å². The summed E-state index contributed by atoms with van der Waals surface area (Å²) in [6, 6.07) is 4.24. The van der Waals surface area contributed by atoms with E-state index in [4.69, 9.17) is 0 Å². The molecular weight excluding hydrogens is 259 g/mol. The van der Waals surface area contributed by atoms with Crippen LogP contribution in [0.2, 0.25) is 0 Å². The zero-order chi connectivity index (χ0) is 14.8. The van der Waals surface area contributed by atoms with Gasteiger partial charge in [0.15, 0.2) is 0 Å². The van der Waals surface area contributed by atoms with Crippen molar-refractivity contribution in [1.82, 2.24) is 5.32 Å². The van der Waals surface area contributed by atoms with Gasteiger partial charge in [0.25, 0.3) is 5.69 Å². The highest BCUT2D eigenvalue weighted by molar-refractivity contribution is 5.36. The second-order valence-electron chi connectivity index (χ2n) is 5.79. The molecule has 4 nitrogen and oxygen atoms in total. The third-order valence-electron chi connectivity index (χ3n) is 4.22. The molecule has 1 aromatic rings. The monoisotopic (exact) mass is 280 g/mol. The lowest BCUT2D eigenvalue weighted by Crippen LogP contribution is -2.36. The highest BCUT2D eigenvalue weighted by atomic mass is 19.1. The van der Waals surface area contributed by atoms with Crippen LogP contribution in [0, 0.1) is 21.3 Å². The maximum Gasteiger partial charge on any atom is 0.272 e. The van der Waals surface area contributed by atoms with Crippen LogP contribution < -0.4 is 5.32 Å². The average molecular weight is 280 g/mol. The van der Waals surface area contributed by atoms with Crippen molar-refractivity contribution >= 4 is 5.69 Å². The van der Waals surface area contributed by atoms with Crippen LogP contribution in [0.25, 0.3) is 0 Å². The Hall–Kier alpha value is -1.49. The van der Waals surface area contributed by atoms with Gasteiger partial charge in [-0.25, -0.2) is 4.39 Å². The Kier molecular flexibility index (Phi) is 4.38. The van der Waals surface area contributed by atoms with E-state index in [0.717, 1.165) is 37.4 Å². The second kappa shape index (κ2) is 5.87. The number of nitrogens with zero attached hydrogens (tertiary/aromatic N) is 1. The van der Waals surface area contributed by atoms with Crippen LogP contribution in [0.1, 0.15) is 38.7 Å². The topological polar surface area (TPSA) is 55.2 Å². The van der Waals surface area contributed by atoms with Crippen LogP contribution in [0.4, 0.5) is 10.1 Å². The van der Waals surface area contributed by atoms with Gasteiger partial charge in [0, 0.05) is 12.1 Å². The van der Waals surface area contributed by atoms with Gasteiger partial charge in [-0.2, -0.15) is 0 Å². The molecule has 5 heteroatoms. The Balaban J connectivity index is 2.11. The number of nitro benzene ring substituents is 1. The van der Waals surface area contributed by atoms with Gasteiger partial charge in [0.2, 0.25) is 0 Å². The molecule has 0 aromatic heterocycles. The molecule has 0 spiro atoms. The first-order valence-electron chi connectivity index (χ1n) is 7.14. The van der Waals surface area contributed by atoms with Gasteiger partial charge < -0.3 is 5.32 Å². The summed E-state index contributed by atoms with van der Waals surface area (Å²) in [5.74, 6) is -0.529. The second-order valence-corrected chi connectivity index (χ2v) is 5.79.